The molecule has 0 unspecified atom stereocenters. The molecule has 0 radical (unpaired) electrons. The van der Waals surface area contributed by atoms with Crippen LogP contribution in [0.2, 0.25) is 0 Å². The lowest BCUT2D eigenvalue weighted by Crippen LogP contribution is -2.57. The Labute approximate surface area is 105 Å². The number of carboxylic acid groups (broad SMARTS) is 1. The molecule has 1 saturated heterocycles. The lowest BCUT2D eigenvalue weighted by Gasteiger charge is -2.32. The maximum atomic E-state index is 12.0. The second-order valence-corrected chi connectivity index (χ2v) is 5.85. The normalized spacial score (nSPS) is 23.4. The molecule has 2 rings (SSSR count). The van der Waals surface area contributed by atoms with Crippen LogP contribution >= 0.6 is 11.8 Å². The van der Waals surface area contributed by atoms with Gasteiger partial charge in [0.25, 0.3) is 0 Å². The van der Waals surface area contributed by atoms with Gasteiger partial charge in [-0.25, -0.2) is 9.59 Å². The number of thioether (sulfide) groups is 1. The molecule has 2 N–H and O–H groups in total. The summed E-state index contributed by atoms with van der Waals surface area (Å²) in [5.74, 6) is 0.982. The lowest BCUT2D eigenvalue weighted by atomic mass is 9.98. The van der Waals surface area contributed by atoms with Crippen molar-refractivity contribution in [1.29, 1.82) is 0 Å². The molecule has 1 aliphatic heterocycles. The van der Waals surface area contributed by atoms with Crippen LogP contribution in [0, 0.1) is 0 Å². The van der Waals surface area contributed by atoms with E-state index in [9.17, 15) is 14.7 Å². The van der Waals surface area contributed by atoms with E-state index in [1.807, 2.05) is 11.8 Å². The van der Waals surface area contributed by atoms with Crippen molar-refractivity contribution in [2.45, 2.75) is 31.2 Å². The number of rotatable bonds is 2. The van der Waals surface area contributed by atoms with E-state index in [-0.39, 0.29) is 6.03 Å². The van der Waals surface area contributed by atoms with Gasteiger partial charge in [-0.3, -0.25) is 0 Å². The minimum atomic E-state index is -1.01. The minimum Gasteiger partial charge on any atom is -0.480 e. The number of urea groups is 1. The first kappa shape index (κ1) is 12.5. The number of hydrogen-bond donors (Lipinski definition) is 2. The van der Waals surface area contributed by atoms with E-state index in [0.29, 0.717) is 25.9 Å². The molecule has 0 bridgehead atoms. The van der Waals surface area contributed by atoms with Gasteiger partial charge in [0.1, 0.15) is 5.54 Å². The Morgan fingerprint density at radius 1 is 1.18 bits per heavy atom. The summed E-state index contributed by atoms with van der Waals surface area (Å²) in [7, 11) is 0. The largest absolute Gasteiger partial charge is 0.480 e. The second-order valence-electron chi connectivity index (χ2n) is 4.62. The number of nitrogens with zero attached hydrogens (tertiary/aromatic N) is 1. The Balaban J connectivity index is 1.98. The molecule has 0 atom stereocenters. The summed E-state index contributed by atoms with van der Waals surface area (Å²) in [6.07, 6.45) is 2.86. The highest BCUT2D eigenvalue weighted by atomic mass is 32.2. The molecule has 1 heterocycles. The van der Waals surface area contributed by atoms with Crippen molar-refractivity contribution in [1.82, 2.24) is 10.2 Å². The fourth-order valence-electron chi connectivity index (χ4n) is 2.42. The third kappa shape index (κ3) is 2.68. The second kappa shape index (κ2) is 5.16. The maximum Gasteiger partial charge on any atom is 0.329 e. The fourth-order valence-corrected chi connectivity index (χ4v) is 3.32. The molecular formula is C11H18N2O3S. The van der Waals surface area contributed by atoms with Gasteiger partial charge in [0.05, 0.1) is 0 Å². The number of hydrogen-bond acceptors (Lipinski definition) is 3. The first-order valence-corrected chi connectivity index (χ1v) is 7.18. The van der Waals surface area contributed by atoms with Gasteiger partial charge < -0.3 is 15.3 Å². The maximum absolute atomic E-state index is 12.0. The highest BCUT2D eigenvalue weighted by Gasteiger charge is 2.43. The molecule has 0 aromatic rings. The summed E-state index contributed by atoms with van der Waals surface area (Å²) in [6, 6.07) is -0.213. The Hall–Kier alpha value is -0.910. The van der Waals surface area contributed by atoms with Crippen LogP contribution in [0.15, 0.2) is 0 Å². The molecule has 17 heavy (non-hydrogen) atoms. The zero-order chi connectivity index (χ0) is 12.3. The molecule has 6 heteroatoms. The molecule has 2 aliphatic rings. The summed E-state index contributed by atoms with van der Waals surface area (Å²) in [4.78, 5) is 25.0. The van der Waals surface area contributed by atoms with Crippen molar-refractivity contribution in [2.75, 3.05) is 24.6 Å². The van der Waals surface area contributed by atoms with E-state index in [0.717, 1.165) is 24.3 Å². The molecule has 0 aromatic carbocycles. The number of carboxylic acids is 1. The third-order valence-electron chi connectivity index (χ3n) is 3.51. The van der Waals surface area contributed by atoms with Gasteiger partial charge in [-0.15, -0.1) is 0 Å². The van der Waals surface area contributed by atoms with Gasteiger partial charge >= 0.3 is 12.0 Å². The molecular weight excluding hydrogens is 240 g/mol. The first-order chi connectivity index (χ1) is 8.14. The highest BCUT2D eigenvalue weighted by molar-refractivity contribution is 7.99. The quantitative estimate of drug-likeness (QED) is 0.779. The predicted octanol–water partition coefficient (Wildman–Crippen LogP) is 1.14. The van der Waals surface area contributed by atoms with Crippen molar-refractivity contribution in [3.63, 3.8) is 0 Å². The van der Waals surface area contributed by atoms with E-state index in [2.05, 4.69) is 5.32 Å². The molecule has 2 fully saturated rings. The zero-order valence-electron chi connectivity index (χ0n) is 9.78. The third-order valence-corrected chi connectivity index (χ3v) is 4.45. The average Bonchev–Trinajstić information content (AvgIpc) is 2.80. The van der Waals surface area contributed by atoms with E-state index in [1.165, 1.54) is 0 Å². The molecule has 0 aromatic heterocycles. The number of carbonyl (C=O) groups is 2. The van der Waals surface area contributed by atoms with Crippen molar-refractivity contribution in [2.24, 2.45) is 0 Å². The standard InChI is InChI=1S/C11H18N2O3S/c14-9(15)11(3-1-2-4-11)12-10(16)13-5-7-17-8-6-13/h1-8H2,(H,12,16)(H,14,15). The summed E-state index contributed by atoms with van der Waals surface area (Å²) in [5.41, 5.74) is -1.01. The van der Waals surface area contributed by atoms with Gasteiger partial charge in [0.15, 0.2) is 0 Å². The average molecular weight is 258 g/mol. The Kier molecular flexibility index (Phi) is 3.81. The molecule has 1 saturated carbocycles. The lowest BCUT2D eigenvalue weighted by molar-refractivity contribution is -0.144. The van der Waals surface area contributed by atoms with Gasteiger partial charge in [0, 0.05) is 24.6 Å². The number of amides is 2. The van der Waals surface area contributed by atoms with Crippen molar-refractivity contribution < 1.29 is 14.7 Å². The Bertz CT molecular complexity index is 310. The minimum absolute atomic E-state index is 0.213. The smallest absolute Gasteiger partial charge is 0.329 e. The molecule has 2 amide bonds. The number of aliphatic carboxylic acids is 1. The molecule has 5 nitrogen and oxygen atoms in total. The summed E-state index contributed by atoms with van der Waals surface area (Å²) in [6.45, 7) is 1.43. The van der Waals surface area contributed by atoms with Crippen molar-refractivity contribution >= 4 is 23.8 Å². The van der Waals surface area contributed by atoms with Gasteiger partial charge in [-0.2, -0.15) is 11.8 Å². The van der Waals surface area contributed by atoms with E-state index >= 15 is 0 Å². The van der Waals surface area contributed by atoms with Crippen LogP contribution in [0.3, 0.4) is 0 Å². The van der Waals surface area contributed by atoms with Crippen LogP contribution in [-0.2, 0) is 4.79 Å². The Morgan fingerprint density at radius 3 is 2.29 bits per heavy atom. The SMILES string of the molecule is O=C(NC1(C(=O)O)CCCC1)N1CCSCC1. The zero-order valence-corrected chi connectivity index (χ0v) is 10.6. The molecule has 1 aliphatic carbocycles. The first-order valence-electron chi connectivity index (χ1n) is 6.02. The Morgan fingerprint density at radius 2 is 1.76 bits per heavy atom. The fraction of sp³-hybridized carbons (Fsp3) is 0.818. The number of carbonyl (C=O) groups excluding carboxylic acids is 1. The van der Waals surface area contributed by atoms with E-state index < -0.39 is 11.5 Å². The van der Waals surface area contributed by atoms with Crippen LogP contribution in [0.5, 0.6) is 0 Å². The van der Waals surface area contributed by atoms with Crippen LogP contribution < -0.4 is 5.32 Å². The van der Waals surface area contributed by atoms with Gasteiger partial charge in [-0.1, -0.05) is 12.8 Å². The van der Waals surface area contributed by atoms with Crippen LogP contribution in [0.1, 0.15) is 25.7 Å². The summed E-state index contributed by atoms with van der Waals surface area (Å²) in [5, 5.41) is 12.0. The molecule has 96 valence electrons. The van der Waals surface area contributed by atoms with Crippen molar-refractivity contribution in [3.05, 3.63) is 0 Å². The topological polar surface area (TPSA) is 69.6 Å². The predicted molar refractivity (Wildman–Crippen MR) is 66.3 cm³/mol. The van der Waals surface area contributed by atoms with Crippen LogP contribution in [0.25, 0.3) is 0 Å². The molecule has 0 spiro atoms. The highest BCUT2D eigenvalue weighted by Crippen LogP contribution is 2.30. The van der Waals surface area contributed by atoms with Crippen LogP contribution in [-0.4, -0.2) is 52.1 Å². The summed E-state index contributed by atoms with van der Waals surface area (Å²) >= 11 is 1.83. The van der Waals surface area contributed by atoms with Crippen LogP contribution in [0.4, 0.5) is 4.79 Å². The summed E-state index contributed by atoms with van der Waals surface area (Å²) < 4.78 is 0. The van der Waals surface area contributed by atoms with Crippen molar-refractivity contribution in [3.8, 4) is 0 Å². The van der Waals surface area contributed by atoms with E-state index in [1.54, 1.807) is 4.90 Å². The van der Waals surface area contributed by atoms with Gasteiger partial charge in [-0.05, 0) is 12.8 Å². The van der Waals surface area contributed by atoms with Gasteiger partial charge in [0.2, 0.25) is 0 Å². The number of nitrogens with one attached hydrogen (secondary N) is 1. The van der Waals surface area contributed by atoms with E-state index in [4.69, 9.17) is 0 Å². The monoisotopic (exact) mass is 258 g/mol.